The molecule has 1 fully saturated rings. The van der Waals surface area contributed by atoms with Crippen molar-refractivity contribution < 1.29 is 5.11 Å². The summed E-state index contributed by atoms with van der Waals surface area (Å²) >= 11 is 0. The minimum Gasteiger partial charge on any atom is -0.394 e. The van der Waals surface area contributed by atoms with Gasteiger partial charge in [-0.15, -0.1) is 0 Å². The largest absolute Gasteiger partial charge is 0.394 e. The molecule has 1 heterocycles. The van der Waals surface area contributed by atoms with Crippen molar-refractivity contribution in [1.29, 1.82) is 0 Å². The summed E-state index contributed by atoms with van der Waals surface area (Å²) in [4.78, 5) is 0. The van der Waals surface area contributed by atoms with E-state index in [0.29, 0.717) is 12.0 Å². The van der Waals surface area contributed by atoms with Crippen molar-refractivity contribution in [1.82, 2.24) is 9.78 Å². The van der Waals surface area contributed by atoms with Gasteiger partial charge in [0.15, 0.2) is 0 Å². The lowest BCUT2D eigenvalue weighted by Crippen LogP contribution is -2.33. The lowest BCUT2D eigenvalue weighted by molar-refractivity contribution is 0.0486. The highest BCUT2D eigenvalue weighted by Gasteiger charge is 2.27. The fourth-order valence-corrected chi connectivity index (χ4v) is 2.22. The fraction of sp³-hybridized carbons (Fsp3) is 0.750. The third kappa shape index (κ3) is 2.39. The summed E-state index contributed by atoms with van der Waals surface area (Å²) in [5.41, 5.74) is 7.62. The Labute approximate surface area is 102 Å². The number of hydrogen-bond acceptors (Lipinski definition) is 4. The lowest BCUT2D eigenvalue weighted by atomic mass is 9.82. The van der Waals surface area contributed by atoms with Crippen molar-refractivity contribution in [3.63, 3.8) is 0 Å². The van der Waals surface area contributed by atoms with Gasteiger partial charge in [-0.25, -0.2) is 4.68 Å². The van der Waals surface area contributed by atoms with Crippen molar-refractivity contribution in [3.8, 4) is 0 Å². The van der Waals surface area contributed by atoms with E-state index in [1.54, 1.807) is 0 Å². The van der Waals surface area contributed by atoms with Gasteiger partial charge in [-0.1, -0.05) is 0 Å². The first-order chi connectivity index (χ1) is 7.99. The summed E-state index contributed by atoms with van der Waals surface area (Å²) in [7, 11) is 0. The molecule has 0 unspecified atom stereocenters. The summed E-state index contributed by atoms with van der Waals surface area (Å²) in [5.74, 6) is 1.47. The first kappa shape index (κ1) is 12.2. The number of aryl methyl sites for hydroxylation is 1. The van der Waals surface area contributed by atoms with Crippen molar-refractivity contribution >= 4 is 11.5 Å². The van der Waals surface area contributed by atoms with Gasteiger partial charge in [-0.3, -0.25) is 0 Å². The molecule has 0 saturated heterocycles. The average Bonchev–Trinajstić information content (AvgIpc) is 2.50. The molecule has 0 atom stereocenters. The Bertz CT molecular complexity index is 393. The zero-order chi connectivity index (χ0) is 12.6. The molecule has 5 heteroatoms. The third-order valence-corrected chi connectivity index (χ3v) is 3.39. The second kappa shape index (κ2) is 4.56. The minimum absolute atomic E-state index is 0.101. The number of nitrogens with one attached hydrogen (secondary N) is 1. The van der Waals surface area contributed by atoms with Crippen LogP contribution in [0.3, 0.4) is 0 Å². The van der Waals surface area contributed by atoms with E-state index in [4.69, 9.17) is 5.73 Å². The van der Waals surface area contributed by atoms with E-state index in [-0.39, 0.29) is 6.10 Å². The van der Waals surface area contributed by atoms with Crippen LogP contribution >= 0.6 is 0 Å². The lowest BCUT2D eigenvalue weighted by Gasteiger charge is -2.31. The predicted octanol–water partition coefficient (Wildman–Crippen LogP) is 1.54. The maximum absolute atomic E-state index is 9.25. The van der Waals surface area contributed by atoms with Gasteiger partial charge in [0.1, 0.15) is 5.82 Å². The molecule has 17 heavy (non-hydrogen) atoms. The van der Waals surface area contributed by atoms with Gasteiger partial charge in [0.25, 0.3) is 0 Å². The highest BCUT2D eigenvalue weighted by atomic mass is 16.3. The summed E-state index contributed by atoms with van der Waals surface area (Å²) in [6.45, 7) is 6.96. The van der Waals surface area contributed by atoms with Gasteiger partial charge in [-0.2, -0.15) is 5.10 Å². The van der Waals surface area contributed by atoms with Gasteiger partial charge in [-0.05, 0) is 39.5 Å². The van der Waals surface area contributed by atoms with Gasteiger partial charge >= 0.3 is 0 Å². The number of nitrogen functional groups attached to an aromatic ring is 1. The zero-order valence-electron chi connectivity index (χ0n) is 10.8. The molecule has 1 aromatic heterocycles. The number of aromatic nitrogens is 2. The van der Waals surface area contributed by atoms with Crippen LogP contribution in [-0.2, 0) is 0 Å². The van der Waals surface area contributed by atoms with Crippen LogP contribution in [-0.4, -0.2) is 27.5 Å². The first-order valence-electron chi connectivity index (χ1n) is 6.25. The molecule has 96 valence electrons. The molecule has 0 radical (unpaired) electrons. The van der Waals surface area contributed by atoms with Crippen LogP contribution in [0.1, 0.15) is 38.4 Å². The number of nitrogens with zero attached hydrogens (tertiary/aromatic N) is 2. The molecule has 0 spiro atoms. The van der Waals surface area contributed by atoms with Crippen LogP contribution in [0.2, 0.25) is 0 Å². The van der Waals surface area contributed by atoms with Crippen LogP contribution in [0.5, 0.6) is 0 Å². The van der Waals surface area contributed by atoms with E-state index >= 15 is 0 Å². The molecule has 2 rings (SSSR count). The molecule has 0 amide bonds. The molecule has 0 aliphatic heterocycles. The third-order valence-electron chi connectivity index (χ3n) is 3.39. The van der Waals surface area contributed by atoms with Crippen LogP contribution in [0, 0.1) is 12.8 Å². The monoisotopic (exact) mass is 238 g/mol. The standard InChI is InChI=1S/C12H22N4O/c1-7(2)16-12(11(13)8(3)15-16)14-6-9-4-10(17)5-9/h7,9-10,14,17H,4-6,13H2,1-3H3. The van der Waals surface area contributed by atoms with Crippen LogP contribution in [0.4, 0.5) is 11.5 Å². The molecule has 0 aromatic carbocycles. The fourth-order valence-electron chi connectivity index (χ4n) is 2.22. The Morgan fingerprint density at radius 3 is 2.71 bits per heavy atom. The molecular formula is C12H22N4O. The smallest absolute Gasteiger partial charge is 0.148 e. The summed E-state index contributed by atoms with van der Waals surface area (Å²) in [6, 6.07) is 0.292. The van der Waals surface area contributed by atoms with Crippen LogP contribution in [0.25, 0.3) is 0 Å². The molecule has 4 N–H and O–H groups in total. The Kier molecular flexibility index (Phi) is 3.28. The highest BCUT2D eigenvalue weighted by Crippen LogP contribution is 2.30. The average molecular weight is 238 g/mol. The molecule has 1 aromatic rings. The Morgan fingerprint density at radius 2 is 2.18 bits per heavy atom. The van der Waals surface area contributed by atoms with Gasteiger partial charge in [0.05, 0.1) is 17.5 Å². The van der Waals surface area contributed by atoms with Crippen LogP contribution < -0.4 is 11.1 Å². The van der Waals surface area contributed by atoms with E-state index < -0.39 is 0 Å². The molecular weight excluding hydrogens is 216 g/mol. The second-order valence-electron chi connectivity index (χ2n) is 5.26. The quantitative estimate of drug-likeness (QED) is 0.743. The number of hydrogen-bond donors (Lipinski definition) is 3. The Balaban J connectivity index is 2.03. The number of rotatable bonds is 4. The topological polar surface area (TPSA) is 76.1 Å². The van der Waals surface area contributed by atoms with Gasteiger partial charge in [0, 0.05) is 12.6 Å². The van der Waals surface area contributed by atoms with E-state index in [9.17, 15) is 5.11 Å². The number of aliphatic hydroxyl groups is 1. The minimum atomic E-state index is -0.101. The van der Waals surface area contributed by atoms with E-state index in [0.717, 1.165) is 36.6 Å². The van der Waals surface area contributed by atoms with Crippen LogP contribution in [0.15, 0.2) is 0 Å². The van der Waals surface area contributed by atoms with E-state index in [1.807, 2.05) is 11.6 Å². The Morgan fingerprint density at radius 1 is 1.53 bits per heavy atom. The number of anilines is 2. The Hall–Kier alpha value is -1.23. The van der Waals surface area contributed by atoms with Crippen molar-refractivity contribution in [2.45, 2.75) is 45.8 Å². The summed E-state index contributed by atoms with van der Waals surface area (Å²) < 4.78 is 1.93. The molecule has 1 saturated carbocycles. The number of nitrogens with two attached hydrogens (primary N) is 1. The maximum atomic E-state index is 9.25. The van der Waals surface area contributed by atoms with Gasteiger partial charge in [0.2, 0.25) is 0 Å². The SMILES string of the molecule is Cc1nn(C(C)C)c(NCC2CC(O)C2)c1N. The van der Waals surface area contributed by atoms with Gasteiger partial charge < -0.3 is 16.2 Å². The zero-order valence-corrected chi connectivity index (χ0v) is 10.8. The predicted molar refractivity (Wildman–Crippen MR) is 69.0 cm³/mol. The highest BCUT2D eigenvalue weighted by molar-refractivity contribution is 5.64. The second-order valence-corrected chi connectivity index (χ2v) is 5.26. The molecule has 1 aliphatic rings. The number of aliphatic hydroxyl groups excluding tert-OH is 1. The van der Waals surface area contributed by atoms with Crippen molar-refractivity contribution in [2.75, 3.05) is 17.6 Å². The first-order valence-corrected chi connectivity index (χ1v) is 6.25. The van der Waals surface area contributed by atoms with E-state index in [1.165, 1.54) is 0 Å². The van der Waals surface area contributed by atoms with Crippen molar-refractivity contribution in [2.24, 2.45) is 5.92 Å². The molecule has 0 bridgehead atoms. The maximum Gasteiger partial charge on any atom is 0.148 e. The summed E-state index contributed by atoms with van der Waals surface area (Å²) in [5, 5.41) is 17.0. The van der Waals surface area contributed by atoms with E-state index in [2.05, 4.69) is 24.3 Å². The normalized spacial score (nSPS) is 23.8. The molecule has 5 nitrogen and oxygen atoms in total. The molecule has 1 aliphatic carbocycles. The summed E-state index contributed by atoms with van der Waals surface area (Å²) in [6.07, 6.45) is 1.68. The van der Waals surface area contributed by atoms with Crippen molar-refractivity contribution in [3.05, 3.63) is 5.69 Å².